The number of aromatic nitrogens is 4. The smallest absolute Gasteiger partial charge is 0.270 e. The Bertz CT molecular complexity index is 1040. The number of alkyl halides is 3. The van der Waals surface area contributed by atoms with Gasteiger partial charge in [-0.25, -0.2) is 4.98 Å². The first-order chi connectivity index (χ1) is 12.0. The summed E-state index contributed by atoms with van der Waals surface area (Å²) in [6.45, 7) is 0. The summed E-state index contributed by atoms with van der Waals surface area (Å²) in [4.78, 5) is 4.44. The third-order valence-corrected chi connectivity index (χ3v) is 3.76. The van der Waals surface area contributed by atoms with E-state index in [0.717, 1.165) is 9.95 Å². The van der Waals surface area contributed by atoms with Gasteiger partial charge in [0.25, 0.3) is 0 Å². The van der Waals surface area contributed by atoms with E-state index in [1.807, 2.05) is 18.2 Å². The molecule has 0 bridgehead atoms. The molecule has 0 aliphatic carbocycles. The summed E-state index contributed by atoms with van der Waals surface area (Å²) in [7, 11) is 0. The number of hydrogen-bond acceptors (Lipinski definition) is 3. The first-order valence-electron chi connectivity index (χ1n) is 7.48. The van der Waals surface area contributed by atoms with Gasteiger partial charge in [-0.05, 0) is 24.3 Å². The SMILES string of the molecule is FC(F)(F)c1nnc(-c2ccc3ccccc3n2)n1-c1ccccc1. The van der Waals surface area contributed by atoms with Gasteiger partial charge in [0.15, 0.2) is 5.82 Å². The monoisotopic (exact) mass is 340 g/mol. The summed E-state index contributed by atoms with van der Waals surface area (Å²) in [5.74, 6) is -1.03. The molecule has 7 heteroatoms. The lowest BCUT2D eigenvalue weighted by Gasteiger charge is -2.12. The molecule has 4 rings (SSSR count). The summed E-state index contributed by atoms with van der Waals surface area (Å²) in [5.41, 5.74) is 1.33. The summed E-state index contributed by atoms with van der Waals surface area (Å²) < 4.78 is 41.1. The van der Waals surface area contributed by atoms with E-state index in [0.29, 0.717) is 16.9 Å². The Morgan fingerprint density at radius 2 is 1.48 bits per heavy atom. The number of halogens is 3. The molecule has 4 nitrogen and oxygen atoms in total. The molecule has 25 heavy (non-hydrogen) atoms. The minimum atomic E-state index is -4.63. The largest absolute Gasteiger partial charge is 0.452 e. The molecule has 0 saturated carbocycles. The van der Waals surface area contributed by atoms with Crippen LogP contribution in [0.2, 0.25) is 0 Å². The second-order valence-electron chi connectivity index (χ2n) is 5.41. The van der Waals surface area contributed by atoms with Crippen molar-refractivity contribution in [1.82, 2.24) is 19.7 Å². The average Bonchev–Trinajstić information content (AvgIpc) is 3.07. The molecule has 2 heterocycles. The fourth-order valence-corrected chi connectivity index (χ4v) is 2.65. The van der Waals surface area contributed by atoms with Crippen molar-refractivity contribution < 1.29 is 13.2 Å². The molecule has 2 aromatic heterocycles. The first kappa shape index (κ1) is 15.3. The van der Waals surface area contributed by atoms with Gasteiger partial charge in [-0.1, -0.05) is 42.5 Å². The van der Waals surface area contributed by atoms with Crippen molar-refractivity contribution in [2.24, 2.45) is 0 Å². The molecule has 0 aliphatic heterocycles. The van der Waals surface area contributed by atoms with E-state index >= 15 is 0 Å². The highest BCUT2D eigenvalue weighted by molar-refractivity contribution is 5.80. The third-order valence-electron chi connectivity index (χ3n) is 3.76. The summed E-state index contributed by atoms with van der Waals surface area (Å²) >= 11 is 0. The van der Waals surface area contributed by atoms with Gasteiger partial charge < -0.3 is 0 Å². The maximum atomic E-state index is 13.4. The maximum Gasteiger partial charge on any atom is 0.452 e. The molecule has 0 spiro atoms. The second kappa shape index (κ2) is 5.70. The Morgan fingerprint density at radius 1 is 0.760 bits per heavy atom. The zero-order valence-corrected chi connectivity index (χ0v) is 12.8. The number of hydrogen-bond donors (Lipinski definition) is 0. The molecule has 0 atom stereocenters. The molecule has 0 amide bonds. The molecule has 0 radical (unpaired) electrons. The Balaban J connectivity index is 1.96. The predicted molar refractivity (Wildman–Crippen MR) is 87.1 cm³/mol. The van der Waals surface area contributed by atoms with Crippen LogP contribution >= 0.6 is 0 Å². The van der Waals surface area contributed by atoms with Crippen LogP contribution in [-0.2, 0) is 6.18 Å². The average molecular weight is 340 g/mol. The Labute approximate surface area is 140 Å². The van der Waals surface area contributed by atoms with Gasteiger partial charge in [-0.15, -0.1) is 10.2 Å². The van der Waals surface area contributed by atoms with Crippen molar-refractivity contribution in [2.45, 2.75) is 6.18 Å². The number of fused-ring (bicyclic) bond motifs is 1. The van der Waals surface area contributed by atoms with Crippen molar-refractivity contribution >= 4 is 10.9 Å². The van der Waals surface area contributed by atoms with Gasteiger partial charge in [0.1, 0.15) is 5.69 Å². The van der Waals surface area contributed by atoms with Crippen molar-refractivity contribution in [3.8, 4) is 17.2 Å². The van der Waals surface area contributed by atoms with Crippen LogP contribution < -0.4 is 0 Å². The summed E-state index contributed by atoms with van der Waals surface area (Å²) in [6, 6.07) is 19.0. The maximum absolute atomic E-state index is 13.4. The Morgan fingerprint density at radius 3 is 2.24 bits per heavy atom. The van der Waals surface area contributed by atoms with Crippen LogP contribution in [0.3, 0.4) is 0 Å². The minimum absolute atomic E-state index is 0.0456. The lowest BCUT2D eigenvalue weighted by Crippen LogP contribution is -2.14. The van der Waals surface area contributed by atoms with E-state index < -0.39 is 12.0 Å². The molecule has 2 aromatic carbocycles. The highest BCUT2D eigenvalue weighted by atomic mass is 19.4. The summed E-state index contributed by atoms with van der Waals surface area (Å²) in [5, 5.41) is 8.03. The zero-order chi connectivity index (χ0) is 17.4. The van der Waals surface area contributed by atoms with Gasteiger partial charge in [0, 0.05) is 11.1 Å². The molecule has 4 aromatic rings. The lowest BCUT2D eigenvalue weighted by atomic mass is 10.2. The highest BCUT2D eigenvalue weighted by Crippen LogP contribution is 2.33. The van der Waals surface area contributed by atoms with Crippen LogP contribution in [0.25, 0.3) is 28.1 Å². The fourth-order valence-electron chi connectivity index (χ4n) is 2.65. The van der Waals surface area contributed by atoms with Gasteiger partial charge in [0.2, 0.25) is 5.82 Å². The molecule has 0 saturated heterocycles. The number of rotatable bonds is 2. The topological polar surface area (TPSA) is 43.6 Å². The van der Waals surface area contributed by atoms with Crippen molar-refractivity contribution in [3.05, 3.63) is 72.6 Å². The van der Waals surface area contributed by atoms with E-state index in [1.165, 1.54) is 0 Å². The van der Waals surface area contributed by atoms with E-state index in [4.69, 9.17) is 0 Å². The van der Waals surface area contributed by atoms with E-state index in [2.05, 4.69) is 15.2 Å². The molecule has 0 aliphatic rings. The Hall–Kier alpha value is -3.22. The van der Waals surface area contributed by atoms with E-state index in [-0.39, 0.29) is 5.82 Å². The Kier molecular flexibility index (Phi) is 3.49. The van der Waals surface area contributed by atoms with E-state index in [9.17, 15) is 13.2 Å². The molecule has 0 fully saturated rings. The quantitative estimate of drug-likeness (QED) is 0.540. The van der Waals surface area contributed by atoms with Crippen LogP contribution in [0.15, 0.2) is 66.7 Å². The first-order valence-corrected chi connectivity index (χ1v) is 7.48. The molecule has 0 N–H and O–H groups in total. The van der Waals surface area contributed by atoms with Gasteiger partial charge in [-0.3, -0.25) is 4.57 Å². The highest BCUT2D eigenvalue weighted by Gasteiger charge is 2.39. The third kappa shape index (κ3) is 2.73. The van der Waals surface area contributed by atoms with Crippen LogP contribution in [0.4, 0.5) is 13.2 Å². The zero-order valence-electron chi connectivity index (χ0n) is 12.8. The van der Waals surface area contributed by atoms with Crippen molar-refractivity contribution in [1.29, 1.82) is 0 Å². The van der Waals surface area contributed by atoms with Crippen LogP contribution in [0, 0.1) is 0 Å². The van der Waals surface area contributed by atoms with Crippen molar-refractivity contribution in [2.75, 3.05) is 0 Å². The van der Waals surface area contributed by atoms with Gasteiger partial charge in [0.05, 0.1) is 5.52 Å². The fraction of sp³-hybridized carbons (Fsp3) is 0.0556. The predicted octanol–water partition coefficient (Wildman–Crippen LogP) is 4.50. The van der Waals surface area contributed by atoms with Gasteiger partial charge >= 0.3 is 6.18 Å². The number of para-hydroxylation sites is 2. The standard InChI is InChI=1S/C18H11F3N4/c19-18(20,21)17-24-23-16(25(17)13-7-2-1-3-8-13)15-11-10-12-6-4-5-9-14(12)22-15/h1-11H. The number of nitrogens with zero attached hydrogens (tertiary/aromatic N) is 4. The molecule has 124 valence electrons. The molecular weight excluding hydrogens is 329 g/mol. The number of benzene rings is 2. The lowest BCUT2D eigenvalue weighted by molar-refractivity contribution is -0.146. The van der Waals surface area contributed by atoms with Gasteiger partial charge in [-0.2, -0.15) is 13.2 Å². The number of pyridine rings is 1. The van der Waals surface area contributed by atoms with Crippen LogP contribution in [0.1, 0.15) is 5.82 Å². The summed E-state index contributed by atoms with van der Waals surface area (Å²) in [6.07, 6.45) is -4.63. The van der Waals surface area contributed by atoms with E-state index in [1.54, 1.807) is 48.5 Å². The van der Waals surface area contributed by atoms with Crippen LogP contribution in [0.5, 0.6) is 0 Å². The molecular formula is C18H11F3N4. The minimum Gasteiger partial charge on any atom is -0.270 e. The second-order valence-corrected chi connectivity index (χ2v) is 5.41. The van der Waals surface area contributed by atoms with Crippen molar-refractivity contribution in [3.63, 3.8) is 0 Å². The normalized spacial score (nSPS) is 11.8. The molecule has 0 unspecified atom stereocenters. The van der Waals surface area contributed by atoms with Crippen LogP contribution in [-0.4, -0.2) is 19.7 Å².